The molecule has 1 aromatic carbocycles. The Balaban J connectivity index is 1.40. The lowest BCUT2D eigenvalue weighted by Crippen LogP contribution is -2.63. The summed E-state index contributed by atoms with van der Waals surface area (Å²) in [6.45, 7) is 3.53. The lowest BCUT2D eigenvalue weighted by molar-refractivity contribution is -0.140. The summed E-state index contributed by atoms with van der Waals surface area (Å²) in [5.41, 5.74) is -1.13. The van der Waals surface area contributed by atoms with Gasteiger partial charge in [-0.15, -0.1) is 11.3 Å². The Bertz CT molecular complexity index is 1470. The predicted octanol–water partition coefficient (Wildman–Crippen LogP) is 4.46. The molecule has 3 aliphatic carbocycles. The number of aryl methyl sites for hydroxylation is 1. The summed E-state index contributed by atoms with van der Waals surface area (Å²) >= 11 is 1.22. The number of hydrogen-bond acceptors (Lipinski definition) is 9. The number of carbonyl (C=O) groups excluding carboxylic acids is 4. The molecule has 3 amide bonds. The fourth-order valence-corrected chi connectivity index (χ4v) is 8.67. The molecule has 49 heavy (non-hydrogen) atoms. The van der Waals surface area contributed by atoms with Gasteiger partial charge in [-0.1, -0.05) is 75.3 Å². The standard InChI is InChI=1S/C37H52N4O7S/c1-25-38-22-29(49-25)33(44)40-27(23-46-3)31(42)39-28(24-47-4)32(43)41-30(21-26-15-11-10-12-16-26)36-17-13-8-6-5-7-9-14-18-37(20-19-36)35(2,48-37)34(36)45/h10-12,15-16,22,27-28,30H,5-9,13-14,17-21,23-24H2,1-4H3,(H,39,42)(H,40,44)(H,41,43)/t27-,28-,30-,35-,36?,37?/m0/s1. The number of Topliss-reactive ketones (excluding diaryl/α,β-unsaturated/α-hetero) is 1. The second-order valence-corrected chi connectivity index (χ2v) is 15.3. The van der Waals surface area contributed by atoms with Crippen LogP contribution in [-0.4, -0.2) is 85.2 Å². The molecule has 0 radical (unpaired) electrons. The van der Waals surface area contributed by atoms with Crippen molar-refractivity contribution < 1.29 is 33.4 Å². The minimum absolute atomic E-state index is 0.0835. The normalized spacial score (nSPS) is 27.3. The highest BCUT2D eigenvalue weighted by molar-refractivity contribution is 7.13. The number of ketones is 1. The first-order valence-electron chi connectivity index (χ1n) is 17.7. The van der Waals surface area contributed by atoms with Crippen molar-refractivity contribution in [2.45, 2.75) is 120 Å². The maximum atomic E-state index is 14.8. The maximum absolute atomic E-state index is 14.8. The highest BCUT2D eigenvalue weighted by Crippen LogP contribution is 2.64. The van der Waals surface area contributed by atoms with Gasteiger partial charge in [-0.05, 0) is 51.5 Å². The van der Waals surface area contributed by atoms with E-state index in [1.165, 1.54) is 44.6 Å². The summed E-state index contributed by atoms with van der Waals surface area (Å²) in [6, 6.07) is 7.19. The van der Waals surface area contributed by atoms with E-state index in [-0.39, 0.29) is 19.0 Å². The molecule has 1 spiro atoms. The quantitative estimate of drug-likeness (QED) is 0.260. The third-order valence-electron chi connectivity index (χ3n) is 10.8. The first kappa shape index (κ1) is 37.1. The van der Waals surface area contributed by atoms with Crippen molar-refractivity contribution in [1.29, 1.82) is 0 Å². The number of benzene rings is 1. The number of nitrogens with zero attached hydrogens (tertiary/aromatic N) is 1. The van der Waals surface area contributed by atoms with Gasteiger partial charge in [0.25, 0.3) is 5.91 Å². The van der Waals surface area contributed by atoms with Crippen LogP contribution in [0.1, 0.15) is 97.8 Å². The topological polar surface area (TPSA) is 148 Å². The lowest BCUT2D eigenvalue weighted by atomic mass is 9.58. The van der Waals surface area contributed by atoms with E-state index in [0.717, 1.165) is 55.5 Å². The molecule has 2 aromatic rings. The SMILES string of the molecule is COC[C@H](NC(=O)c1cnc(C)s1)C(=O)N[C@@H](COC)C(=O)N[C@@H](Cc1ccccc1)C12CCCCCCCCCC3(CC1)O[C@@]3(C)C2=O. The number of methoxy groups -OCH3 is 2. The largest absolute Gasteiger partial charge is 0.382 e. The molecule has 4 aliphatic rings. The van der Waals surface area contributed by atoms with Crippen LogP contribution >= 0.6 is 11.3 Å². The Labute approximate surface area is 293 Å². The number of amides is 3. The van der Waals surface area contributed by atoms with Crippen molar-refractivity contribution in [1.82, 2.24) is 20.9 Å². The van der Waals surface area contributed by atoms with E-state index in [2.05, 4.69) is 20.9 Å². The molecule has 2 bridgehead atoms. The van der Waals surface area contributed by atoms with Crippen molar-refractivity contribution in [2.24, 2.45) is 5.41 Å². The number of epoxide rings is 1. The van der Waals surface area contributed by atoms with Crippen molar-refractivity contribution in [3.05, 3.63) is 52.0 Å². The molecule has 11 nitrogen and oxygen atoms in total. The molecule has 6 atom stereocenters. The molecular formula is C37H52N4O7S. The summed E-state index contributed by atoms with van der Waals surface area (Å²) < 4.78 is 17.1. The maximum Gasteiger partial charge on any atom is 0.263 e. The Kier molecular flexibility index (Phi) is 12.3. The molecule has 6 rings (SSSR count). The molecular weight excluding hydrogens is 644 g/mol. The van der Waals surface area contributed by atoms with Gasteiger partial charge in [-0.2, -0.15) is 0 Å². The van der Waals surface area contributed by atoms with Gasteiger partial charge in [0.05, 0.1) is 29.8 Å². The monoisotopic (exact) mass is 696 g/mol. The zero-order valence-corrected chi connectivity index (χ0v) is 30.1. The smallest absolute Gasteiger partial charge is 0.263 e. The zero-order chi connectivity index (χ0) is 35.1. The van der Waals surface area contributed by atoms with Crippen LogP contribution in [0.5, 0.6) is 0 Å². The number of hydrogen-bond donors (Lipinski definition) is 3. The zero-order valence-electron chi connectivity index (χ0n) is 29.3. The van der Waals surface area contributed by atoms with E-state index >= 15 is 0 Å². The van der Waals surface area contributed by atoms with Gasteiger partial charge < -0.3 is 30.2 Å². The van der Waals surface area contributed by atoms with E-state index in [1.807, 2.05) is 37.3 Å². The summed E-state index contributed by atoms with van der Waals surface area (Å²) in [6.07, 6.45) is 12.5. The van der Waals surface area contributed by atoms with E-state index in [0.29, 0.717) is 24.1 Å². The number of ether oxygens (including phenoxy) is 3. The van der Waals surface area contributed by atoms with Crippen LogP contribution in [0.4, 0.5) is 0 Å². The van der Waals surface area contributed by atoms with Crippen LogP contribution in [-0.2, 0) is 35.0 Å². The third-order valence-corrected chi connectivity index (χ3v) is 11.7. The van der Waals surface area contributed by atoms with E-state index in [9.17, 15) is 19.2 Å². The van der Waals surface area contributed by atoms with E-state index < -0.39 is 52.5 Å². The Hall–Kier alpha value is -3.19. The van der Waals surface area contributed by atoms with Crippen LogP contribution in [0.25, 0.3) is 0 Å². The van der Waals surface area contributed by atoms with Crippen LogP contribution in [0.2, 0.25) is 0 Å². The molecule has 2 heterocycles. The highest BCUT2D eigenvalue weighted by atomic mass is 32.1. The first-order valence-corrected chi connectivity index (χ1v) is 18.5. The number of fused-ring (bicyclic) bond motifs is 9. The van der Waals surface area contributed by atoms with Gasteiger partial charge in [0, 0.05) is 20.3 Å². The molecule has 12 heteroatoms. The van der Waals surface area contributed by atoms with Gasteiger partial charge >= 0.3 is 0 Å². The summed E-state index contributed by atoms with van der Waals surface area (Å²) in [5, 5.41) is 9.46. The Morgan fingerprint density at radius 2 is 1.47 bits per heavy atom. The number of thiazole rings is 1. The van der Waals surface area contributed by atoms with Crippen molar-refractivity contribution in [3.8, 4) is 0 Å². The average molecular weight is 697 g/mol. The minimum Gasteiger partial charge on any atom is -0.382 e. The van der Waals surface area contributed by atoms with Crippen LogP contribution < -0.4 is 16.0 Å². The second-order valence-electron chi connectivity index (χ2n) is 14.1. The first-order chi connectivity index (χ1) is 23.6. The lowest BCUT2D eigenvalue weighted by Gasteiger charge is -2.45. The van der Waals surface area contributed by atoms with Gasteiger partial charge in [0.2, 0.25) is 11.8 Å². The van der Waals surface area contributed by atoms with Gasteiger partial charge in [-0.3, -0.25) is 19.2 Å². The molecule has 2 unspecified atom stereocenters. The van der Waals surface area contributed by atoms with Crippen LogP contribution in [0.3, 0.4) is 0 Å². The number of carbonyl (C=O) groups is 4. The second kappa shape index (κ2) is 16.2. The average Bonchev–Trinajstić information content (AvgIpc) is 3.46. The van der Waals surface area contributed by atoms with Gasteiger partial charge in [0.1, 0.15) is 22.6 Å². The number of aromatic nitrogens is 1. The molecule has 1 aromatic heterocycles. The van der Waals surface area contributed by atoms with Crippen molar-refractivity contribution >= 4 is 34.8 Å². The summed E-state index contributed by atoms with van der Waals surface area (Å²) in [4.78, 5) is 60.0. The number of nitrogens with one attached hydrogen (secondary N) is 3. The molecule has 3 saturated carbocycles. The molecule has 3 N–H and O–H groups in total. The third kappa shape index (κ3) is 8.24. The van der Waals surface area contributed by atoms with Crippen molar-refractivity contribution in [2.75, 3.05) is 27.4 Å². The van der Waals surface area contributed by atoms with Gasteiger partial charge in [0.15, 0.2) is 11.4 Å². The predicted molar refractivity (Wildman–Crippen MR) is 186 cm³/mol. The number of rotatable bonds is 13. The molecule has 4 fully saturated rings. The fourth-order valence-electron chi connectivity index (χ4n) is 7.99. The minimum atomic E-state index is -1.09. The van der Waals surface area contributed by atoms with E-state index in [1.54, 1.807) is 6.92 Å². The molecule has 1 aliphatic heterocycles. The summed E-state index contributed by atoms with van der Waals surface area (Å²) in [7, 11) is 2.89. The molecule has 1 saturated heterocycles. The Morgan fingerprint density at radius 3 is 2.10 bits per heavy atom. The van der Waals surface area contributed by atoms with Crippen LogP contribution in [0.15, 0.2) is 36.5 Å². The van der Waals surface area contributed by atoms with Gasteiger partial charge in [-0.25, -0.2) is 4.98 Å². The fraction of sp³-hybridized carbons (Fsp3) is 0.649. The highest BCUT2D eigenvalue weighted by Gasteiger charge is 2.76. The Morgan fingerprint density at radius 1 is 0.857 bits per heavy atom. The molecule has 268 valence electrons. The van der Waals surface area contributed by atoms with E-state index in [4.69, 9.17) is 14.2 Å². The summed E-state index contributed by atoms with van der Waals surface area (Å²) in [5.74, 6) is -1.43. The van der Waals surface area contributed by atoms with Crippen LogP contribution in [0, 0.1) is 12.3 Å². The van der Waals surface area contributed by atoms with Crippen molar-refractivity contribution in [3.63, 3.8) is 0 Å².